The lowest BCUT2D eigenvalue weighted by molar-refractivity contribution is 0.0195. The van der Waals surface area contributed by atoms with Crippen LogP contribution < -0.4 is 4.72 Å². The zero-order chi connectivity index (χ0) is 19.5. The van der Waals surface area contributed by atoms with Crippen LogP contribution in [-0.2, 0) is 20.5 Å². The van der Waals surface area contributed by atoms with Gasteiger partial charge in [0.05, 0.1) is 5.75 Å². The Labute approximate surface area is 158 Å². The number of rotatable bonds is 4. The summed E-state index contributed by atoms with van der Waals surface area (Å²) in [5, 5.41) is 0.0643. The maximum Gasteiger partial charge on any atom is 0.410 e. The molecule has 0 aliphatic carbocycles. The first kappa shape index (κ1) is 20.9. The molecule has 0 saturated carbocycles. The van der Waals surface area contributed by atoms with Gasteiger partial charge in [0.1, 0.15) is 11.4 Å². The molecule has 1 aliphatic heterocycles. The lowest BCUT2D eigenvalue weighted by Crippen LogP contribution is -2.50. The molecule has 1 saturated heterocycles. The van der Waals surface area contributed by atoms with Crippen LogP contribution >= 0.6 is 11.6 Å². The first-order valence-corrected chi connectivity index (χ1v) is 10.4. The Morgan fingerprint density at radius 2 is 2.12 bits per heavy atom. The van der Waals surface area contributed by atoms with Crippen molar-refractivity contribution in [1.82, 2.24) is 9.62 Å². The van der Waals surface area contributed by atoms with Crippen molar-refractivity contribution < 1.29 is 22.3 Å². The SMILES string of the molecule is CC(C)(C)OC(=O)N1CCC[C@H](NS(=O)(=O)Cc2c(F)cccc2Cl)C1. The fraction of sp³-hybridized carbons (Fsp3) is 0.588. The molecule has 1 heterocycles. The summed E-state index contributed by atoms with van der Waals surface area (Å²) in [6, 6.07) is 3.58. The third-order valence-corrected chi connectivity index (χ3v) is 5.53. The van der Waals surface area contributed by atoms with Crippen molar-refractivity contribution in [2.45, 2.75) is 51.0 Å². The van der Waals surface area contributed by atoms with Gasteiger partial charge in [-0.1, -0.05) is 17.7 Å². The lowest BCUT2D eigenvalue weighted by Gasteiger charge is -2.34. The highest BCUT2D eigenvalue weighted by molar-refractivity contribution is 7.88. The molecule has 1 amide bonds. The molecule has 2 rings (SSSR count). The number of carbonyl (C=O) groups is 1. The van der Waals surface area contributed by atoms with Crippen LogP contribution in [0.2, 0.25) is 5.02 Å². The molecule has 0 radical (unpaired) electrons. The van der Waals surface area contributed by atoms with Gasteiger partial charge in [-0.25, -0.2) is 22.3 Å². The van der Waals surface area contributed by atoms with E-state index in [1.807, 2.05) is 0 Å². The molecule has 1 fully saturated rings. The topological polar surface area (TPSA) is 75.7 Å². The third-order valence-electron chi connectivity index (χ3n) is 3.82. The van der Waals surface area contributed by atoms with E-state index in [9.17, 15) is 17.6 Å². The molecular weight excluding hydrogens is 383 g/mol. The Bertz CT molecular complexity index is 744. The second-order valence-corrected chi connectivity index (χ2v) is 9.50. The quantitative estimate of drug-likeness (QED) is 0.832. The van der Waals surface area contributed by atoms with Crippen LogP contribution in [-0.4, -0.2) is 44.1 Å². The molecule has 1 atom stereocenters. The highest BCUT2D eigenvalue weighted by Crippen LogP contribution is 2.22. The number of carbonyl (C=O) groups excluding carboxylic acids is 1. The average molecular weight is 407 g/mol. The van der Waals surface area contributed by atoms with Gasteiger partial charge in [-0.15, -0.1) is 0 Å². The van der Waals surface area contributed by atoms with E-state index in [4.69, 9.17) is 16.3 Å². The Balaban J connectivity index is 2.01. The zero-order valence-electron chi connectivity index (χ0n) is 15.1. The summed E-state index contributed by atoms with van der Waals surface area (Å²) in [6.07, 6.45) is 0.759. The van der Waals surface area contributed by atoms with E-state index in [0.29, 0.717) is 19.4 Å². The molecule has 1 N–H and O–H groups in total. The Morgan fingerprint density at radius 1 is 1.42 bits per heavy atom. The monoisotopic (exact) mass is 406 g/mol. The standard InChI is InChI=1S/C17H24ClFN2O4S/c1-17(2,3)25-16(22)21-9-5-6-12(10-21)20-26(23,24)11-13-14(18)7-4-8-15(13)19/h4,7-8,12,20H,5-6,9-11H2,1-3H3/t12-/m0/s1. The third kappa shape index (κ3) is 6.10. The molecule has 26 heavy (non-hydrogen) atoms. The molecule has 0 bridgehead atoms. The van der Waals surface area contributed by atoms with Gasteiger partial charge in [0.15, 0.2) is 0 Å². The molecule has 0 unspecified atom stereocenters. The maximum absolute atomic E-state index is 13.8. The number of likely N-dealkylation sites (tertiary alicyclic amines) is 1. The van der Waals surface area contributed by atoms with Gasteiger partial charge >= 0.3 is 6.09 Å². The maximum atomic E-state index is 13.8. The Kier molecular flexibility index (Phi) is 6.52. The summed E-state index contributed by atoms with van der Waals surface area (Å²) in [5.74, 6) is -1.22. The minimum atomic E-state index is -3.82. The van der Waals surface area contributed by atoms with Gasteiger partial charge < -0.3 is 9.64 Å². The van der Waals surface area contributed by atoms with Crippen LogP contribution in [0.5, 0.6) is 0 Å². The van der Waals surface area contributed by atoms with Gasteiger partial charge in [-0.2, -0.15) is 0 Å². The van der Waals surface area contributed by atoms with Crippen molar-refractivity contribution in [1.29, 1.82) is 0 Å². The van der Waals surface area contributed by atoms with Crippen molar-refractivity contribution in [3.63, 3.8) is 0 Å². The zero-order valence-corrected chi connectivity index (χ0v) is 16.7. The molecule has 6 nitrogen and oxygen atoms in total. The van der Waals surface area contributed by atoms with Gasteiger partial charge in [-0.3, -0.25) is 0 Å². The Morgan fingerprint density at radius 3 is 2.73 bits per heavy atom. The fourth-order valence-electron chi connectivity index (χ4n) is 2.72. The summed E-state index contributed by atoms with van der Waals surface area (Å²) in [7, 11) is -3.82. The van der Waals surface area contributed by atoms with E-state index in [-0.39, 0.29) is 17.1 Å². The van der Waals surface area contributed by atoms with Crippen molar-refractivity contribution in [3.8, 4) is 0 Å². The molecule has 0 spiro atoms. The molecule has 9 heteroatoms. The molecule has 0 aromatic heterocycles. The molecule has 1 aromatic rings. The number of nitrogens with zero attached hydrogens (tertiary/aromatic N) is 1. The van der Waals surface area contributed by atoms with Crippen LogP contribution in [0.4, 0.5) is 9.18 Å². The number of benzene rings is 1. The number of sulfonamides is 1. The predicted octanol–water partition coefficient (Wildman–Crippen LogP) is 3.30. The van der Waals surface area contributed by atoms with E-state index in [2.05, 4.69) is 4.72 Å². The van der Waals surface area contributed by atoms with Crippen molar-refractivity contribution in [3.05, 3.63) is 34.6 Å². The normalized spacial score (nSPS) is 18.7. The second kappa shape index (κ2) is 8.10. The van der Waals surface area contributed by atoms with Crippen molar-refractivity contribution in [2.75, 3.05) is 13.1 Å². The minimum Gasteiger partial charge on any atom is -0.444 e. The summed E-state index contributed by atoms with van der Waals surface area (Å²) in [6.45, 7) is 6.03. The van der Waals surface area contributed by atoms with E-state index in [0.717, 1.165) is 0 Å². The van der Waals surface area contributed by atoms with E-state index in [1.54, 1.807) is 20.8 Å². The molecule has 1 aliphatic rings. The number of ether oxygens (including phenoxy) is 1. The molecule has 146 valence electrons. The lowest BCUT2D eigenvalue weighted by atomic mass is 10.1. The van der Waals surface area contributed by atoms with Gasteiger partial charge in [0.25, 0.3) is 0 Å². The van der Waals surface area contributed by atoms with Crippen LogP contribution in [0.1, 0.15) is 39.2 Å². The average Bonchev–Trinajstić information content (AvgIpc) is 2.49. The number of hydrogen-bond acceptors (Lipinski definition) is 4. The summed E-state index contributed by atoms with van der Waals surface area (Å²) >= 11 is 5.90. The first-order valence-electron chi connectivity index (χ1n) is 8.38. The highest BCUT2D eigenvalue weighted by Gasteiger charge is 2.30. The number of halogens is 2. The number of amides is 1. The largest absolute Gasteiger partial charge is 0.444 e. The van der Waals surface area contributed by atoms with Crippen LogP contribution in [0.3, 0.4) is 0 Å². The second-order valence-electron chi connectivity index (χ2n) is 7.34. The summed E-state index contributed by atoms with van der Waals surface area (Å²) in [5.41, 5.74) is -0.688. The van der Waals surface area contributed by atoms with E-state index < -0.39 is 39.3 Å². The van der Waals surface area contributed by atoms with Crippen LogP contribution in [0.25, 0.3) is 0 Å². The number of nitrogens with one attached hydrogen (secondary N) is 1. The number of piperidine rings is 1. The van der Waals surface area contributed by atoms with E-state index >= 15 is 0 Å². The van der Waals surface area contributed by atoms with Crippen LogP contribution in [0, 0.1) is 5.82 Å². The van der Waals surface area contributed by atoms with Gasteiger partial charge in [0.2, 0.25) is 10.0 Å². The molecule has 1 aromatic carbocycles. The fourth-order valence-corrected chi connectivity index (χ4v) is 4.49. The minimum absolute atomic E-state index is 0.0643. The first-order chi connectivity index (χ1) is 12.0. The Hall–Kier alpha value is -1.38. The van der Waals surface area contributed by atoms with Crippen LogP contribution in [0.15, 0.2) is 18.2 Å². The molecular formula is C17H24ClFN2O4S. The van der Waals surface area contributed by atoms with Crippen molar-refractivity contribution >= 4 is 27.7 Å². The highest BCUT2D eigenvalue weighted by atomic mass is 35.5. The smallest absolute Gasteiger partial charge is 0.410 e. The number of hydrogen-bond donors (Lipinski definition) is 1. The van der Waals surface area contributed by atoms with Crippen molar-refractivity contribution in [2.24, 2.45) is 0 Å². The summed E-state index contributed by atoms with van der Waals surface area (Å²) < 4.78 is 46.5. The van der Waals surface area contributed by atoms with Gasteiger partial charge in [0, 0.05) is 29.7 Å². The van der Waals surface area contributed by atoms with Gasteiger partial charge in [-0.05, 0) is 45.7 Å². The summed E-state index contributed by atoms with van der Waals surface area (Å²) in [4.78, 5) is 13.6. The van der Waals surface area contributed by atoms with E-state index in [1.165, 1.54) is 23.1 Å². The predicted molar refractivity (Wildman–Crippen MR) is 98.0 cm³/mol.